The number of hydrogen-bond donors (Lipinski definition) is 1. The zero-order chi connectivity index (χ0) is 13.1. The van der Waals surface area contributed by atoms with Gasteiger partial charge in [-0.25, -0.2) is 4.39 Å². The highest BCUT2D eigenvalue weighted by Gasteiger charge is 2.22. The van der Waals surface area contributed by atoms with Gasteiger partial charge in [-0.1, -0.05) is 6.07 Å². The maximum absolute atomic E-state index is 13.4. The van der Waals surface area contributed by atoms with Crippen molar-refractivity contribution in [2.45, 2.75) is 32.4 Å². The fourth-order valence-electron chi connectivity index (χ4n) is 2.49. The van der Waals surface area contributed by atoms with E-state index in [0.29, 0.717) is 10.4 Å². The number of rotatable bonds is 3. The molecule has 1 unspecified atom stereocenters. The molecule has 0 amide bonds. The van der Waals surface area contributed by atoms with Crippen LogP contribution in [0.2, 0.25) is 0 Å². The van der Waals surface area contributed by atoms with Crippen molar-refractivity contribution in [3.05, 3.63) is 34.1 Å². The van der Waals surface area contributed by atoms with Gasteiger partial charge in [-0.05, 0) is 72.4 Å². The number of nitrogens with zero attached hydrogens (tertiary/aromatic N) is 1. The molecule has 1 aromatic carbocycles. The summed E-state index contributed by atoms with van der Waals surface area (Å²) >= 11 is 3.16. The summed E-state index contributed by atoms with van der Waals surface area (Å²) < 4.78 is 13.9. The Morgan fingerprint density at radius 3 is 2.67 bits per heavy atom. The van der Waals surface area contributed by atoms with Crippen molar-refractivity contribution in [3.8, 4) is 0 Å². The number of aliphatic hydroxyl groups excluding tert-OH is 1. The summed E-state index contributed by atoms with van der Waals surface area (Å²) in [5.41, 5.74) is 1.01. The third kappa shape index (κ3) is 3.53. The Balaban J connectivity index is 1.89. The van der Waals surface area contributed by atoms with Crippen LogP contribution >= 0.6 is 15.9 Å². The highest BCUT2D eigenvalue weighted by molar-refractivity contribution is 9.10. The molecule has 1 saturated heterocycles. The third-order valence-electron chi connectivity index (χ3n) is 3.70. The second-order valence-electron chi connectivity index (χ2n) is 5.10. The van der Waals surface area contributed by atoms with Gasteiger partial charge in [-0.3, -0.25) is 4.90 Å². The lowest BCUT2D eigenvalue weighted by molar-refractivity contribution is 0.0695. The molecule has 1 fully saturated rings. The predicted octanol–water partition coefficient (Wildman–Crippen LogP) is 3.18. The van der Waals surface area contributed by atoms with E-state index < -0.39 is 0 Å². The smallest absolute Gasteiger partial charge is 0.137 e. The van der Waals surface area contributed by atoms with Gasteiger partial charge in [-0.2, -0.15) is 0 Å². The van der Waals surface area contributed by atoms with Gasteiger partial charge in [0.1, 0.15) is 5.82 Å². The zero-order valence-corrected chi connectivity index (χ0v) is 12.2. The largest absolute Gasteiger partial charge is 0.393 e. The van der Waals surface area contributed by atoms with E-state index in [-0.39, 0.29) is 11.9 Å². The molecule has 2 rings (SSSR count). The molecule has 0 radical (unpaired) electrons. The zero-order valence-electron chi connectivity index (χ0n) is 10.6. The number of likely N-dealkylation sites (tertiary alicyclic amines) is 1. The van der Waals surface area contributed by atoms with Crippen molar-refractivity contribution in [1.82, 2.24) is 4.90 Å². The summed E-state index contributed by atoms with van der Waals surface area (Å²) in [5, 5.41) is 9.55. The summed E-state index contributed by atoms with van der Waals surface area (Å²) in [4.78, 5) is 2.32. The molecule has 1 aliphatic heterocycles. The van der Waals surface area contributed by atoms with Crippen LogP contribution in [-0.4, -0.2) is 29.2 Å². The van der Waals surface area contributed by atoms with Gasteiger partial charge in [0, 0.05) is 6.54 Å². The molecule has 0 aliphatic carbocycles. The second-order valence-corrected chi connectivity index (χ2v) is 5.96. The van der Waals surface area contributed by atoms with Crippen molar-refractivity contribution >= 4 is 15.9 Å². The van der Waals surface area contributed by atoms with Gasteiger partial charge in [0.2, 0.25) is 0 Å². The Kier molecular flexibility index (Phi) is 4.76. The van der Waals surface area contributed by atoms with Gasteiger partial charge in [0.15, 0.2) is 0 Å². The van der Waals surface area contributed by atoms with E-state index in [9.17, 15) is 9.50 Å². The van der Waals surface area contributed by atoms with E-state index in [1.165, 1.54) is 0 Å². The van der Waals surface area contributed by atoms with Gasteiger partial charge in [-0.15, -0.1) is 0 Å². The van der Waals surface area contributed by atoms with E-state index in [4.69, 9.17) is 0 Å². The minimum absolute atomic E-state index is 0.202. The van der Waals surface area contributed by atoms with Crippen molar-refractivity contribution < 1.29 is 9.50 Å². The molecule has 0 aromatic heterocycles. The van der Waals surface area contributed by atoms with Gasteiger partial charge >= 0.3 is 0 Å². The van der Waals surface area contributed by atoms with E-state index in [1.54, 1.807) is 12.1 Å². The molecule has 18 heavy (non-hydrogen) atoms. The lowest BCUT2D eigenvalue weighted by Crippen LogP contribution is -2.36. The van der Waals surface area contributed by atoms with Crippen molar-refractivity contribution in [1.29, 1.82) is 0 Å². The Bertz CT molecular complexity index is 403. The normalized spacial score (nSPS) is 20.0. The highest BCUT2D eigenvalue weighted by atomic mass is 79.9. The molecule has 4 heteroatoms. The molecule has 1 heterocycles. The fourth-order valence-corrected chi connectivity index (χ4v) is 2.74. The first-order valence-electron chi connectivity index (χ1n) is 6.40. The van der Waals surface area contributed by atoms with Crippen LogP contribution in [0.1, 0.15) is 25.3 Å². The van der Waals surface area contributed by atoms with Crippen LogP contribution in [0.4, 0.5) is 4.39 Å². The van der Waals surface area contributed by atoms with Crippen molar-refractivity contribution in [2.24, 2.45) is 5.92 Å². The Morgan fingerprint density at radius 1 is 1.44 bits per heavy atom. The molecule has 1 aromatic rings. The van der Waals surface area contributed by atoms with E-state index in [0.717, 1.165) is 38.0 Å². The average Bonchev–Trinajstić information content (AvgIpc) is 2.34. The summed E-state index contributed by atoms with van der Waals surface area (Å²) in [6.07, 6.45) is 1.84. The molecule has 100 valence electrons. The van der Waals surface area contributed by atoms with Crippen LogP contribution in [-0.2, 0) is 6.54 Å². The van der Waals surface area contributed by atoms with E-state index >= 15 is 0 Å². The summed E-state index contributed by atoms with van der Waals surface area (Å²) in [6, 6.07) is 5.30. The van der Waals surface area contributed by atoms with Crippen LogP contribution in [0, 0.1) is 11.7 Å². The lowest BCUT2D eigenvalue weighted by atomic mass is 9.92. The van der Waals surface area contributed by atoms with Gasteiger partial charge in [0.25, 0.3) is 0 Å². The summed E-state index contributed by atoms with van der Waals surface area (Å²) in [7, 11) is 0. The van der Waals surface area contributed by atoms with Gasteiger partial charge in [0.05, 0.1) is 10.6 Å². The molecule has 1 atom stereocenters. The summed E-state index contributed by atoms with van der Waals surface area (Å²) in [5.74, 6) is 0.217. The Hall–Kier alpha value is -0.450. The fraction of sp³-hybridized carbons (Fsp3) is 0.571. The van der Waals surface area contributed by atoms with Crippen LogP contribution in [0.15, 0.2) is 22.7 Å². The van der Waals surface area contributed by atoms with Crippen LogP contribution in [0.25, 0.3) is 0 Å². The molecule has 1 aliphatic rings. The monoisotopic (exact) mass is 315 g/mol. The van der Waals surface area contributed by atoms with Crippen LogP contribution in [0.3, 0.4) is 0 Å². The average molecular weight is 316 g/mol. The number of halogens is 2. The van der Waals surface area contributed by atoms with Crippen LogP contribution in [0.5, 0.6) is 0 Å². The number of hydrogen-bond acceptors (Lipinski definition) is 2. The molecule has 0 spiro atoms. The topological polar surface area (TPSA) is 23.5 Å². The van der Waals surface area contributed by atoms with Crippen molar-refractivity contribution in [3.63, 3.8) is 0 Å². The van der Waals surface area contributed by atoms with Gasteiger partial charge < -0.3 is 5.11 Å². The molecule has 1 N–H and O–H groups in total. The molecular formula is C14H19BrFNO. The predicted molar refractivity (Wildman–Crippen MR) is 73.8 cm³/mol. The first kappa shape index (κ1) is 14.0. The lowest BCUT2D eigenvalue weighted by Gasteiger charge is -2.33. The second kappa shape index (κ2) is 6.13. The molecule has 0 bridgehead atoms. The maximum Gasteiger partial charge on any atom is 0.137 e. The van der Waals surface area contributed by atoms with E-state index in [2.05, 4.69) is 20.8 Å². The first-order valence-corrected chi connectivity index (χ1v) is 7.20. The van der Waals surface area contributed by atoms with Crippen molar-refractivity contribution in [2.75, 3.05) is 13.1 Å². The first-order chi connectivity index (χ1) is 8.56. The quantitative estimate of drug-likeness (QED) is 0.926. The van der Waals surface area contributed by atoms with E-state index in [1.807, 2.05) is 13.0 Å². The minimum Gasteiger partial charge on any atom is -0.393 e. The Labute approximate surface area is 116 Å². The minimum atomic E-state index is -0.211. The van der Waals surface area contributed by atoms with Crippen LogP contribution < -0.4 is 0 Å². The number of aliphatic hydroxyl groups is 1. The maximum atomic E-state index is 13.4. The SMILES string of the molecule is CC(O)C1CCN(Cc2ccc(Br)c(F)c2)CC1. The standard InChI is InChI=1S/C14H19BrFNO/c1-10(18)12-4-6-17(7-5-12)9-11-2-3-13(15)14(16)8-11/h2-3,8,10,12,18H,4-7,9H2,1H3. The molecule has 2 nitrogen and oxygen atoms in total. The molecular weight excluding hydrogens is 297 g/mol. The third-order valence-corrected chi connectivity index (χ3v) is 4.35. The Morgan fingerprint density at radius 2 is 2.11 bits per heavy atom. The number of benzene rings is 1. The molecule has 0 saturated carbocycles. The summed E-state index contributed by atoms with van der Waals surface area (Å²) in [6.45, 7) is 4.61. The number of piperidine rings is 1. The highest BCUT2D eigenvalue weighted by Crippen LogP contribution is 2.23.